The summed E-state index contributed by atoms with van der Waals surface area (Å²) in [7, 11) is 0. The van der Waals surface area contributed by atoms with Gasteiger partial charge in [-0.3, -0.25) is 4.98 Å². The molecule has 0 saturated heterocycles. The van der Waals surface area contributed by atoms with Crippen LogP contribution in [0.3, 0.4) is 0 Å². The van der Waals surface area contributed by atoms with Crippen LogP contribution in [0.15, 0.2) is 35.2 Å². The van der Waals surface area contributed by atoms with E-state index < -0.39 is 0 Å². The van der Waals surface area contributed by atoms with E-state index >= 15 is 0 Å². The second-order valence-corrected chi connectivity index (χ2v) is 4.36. The molecule has 3 rings (SSSR count). The highest BCUT2D eigenvalue weighted by Crippen LogP contribution is 2.27. The van der Waals surface area contributed by atoms with Crippen molar-refractivity contribution >= 4 is 0 Å². The van der Waals surface area contributed by atoms with Crippen LogP contribution < -0.4 is 5.32 Å². The van der Waals surface area contributed by atoms with Gasteiger partial charge in [-0.05, 0) is 30.9 Å². The first kappa shape index (κ1) is 10.5. The van der Waals surface area contributed by atoms with Gasteiger partial charge in [0.25, 0.3) is 0 Å². The zero-order valence-corrected chi connectivity index (χ0v) is 9.60. The van der Waals surface area contributed by atoms with E-state index in [2.05, 4.69) is 21.5 Å². The summed E-state index contributed by atoms with van der Waals surface area (Å²) >= 11 is 0. The first-order chi connectivity index (χ1) is 8.43. The summed E-state index contributed by atoms with van der Waals surface area (Å²) in [5, 5.41) is 7.39. The van der Waals surface area contributed by atoms with Gasteiger partial charge in [0.1, 0.15) is 6.26 Å². The molecule has 1 aliphatic rings. The van der Waals surface area contributed by atoms with Gasteiger partial charge >= 0.3 is 0 Å². The van der Waals surface area contributed by atoms with Crippen molar-refractivity contribution in [3.8, 4) is 0 Å². The Balaban J connectivity index is 1.72. The first-order valence-electron chi connectivity index (χ1n) is 6.00. The summed E-state index contributed by atoms with van der Waals surface area (Å²) in [5.41, 5.74) is 3.51. The number of rotatable bonds is 3. The van der Waals surface area contributed by atoms with Crippen LogP contribution in [0.25, 0.3) is 0 Å². The zero-order chi connectivity index (χ0) is 11.5. The lowest BCUT2D eigenvalue weighted by Gasteiger charge is -2.24. The molecule has 2 aromatic rings. The quantitative estimate of drug-likeness (QED) is 0.877. The minimum atomic E-state index is 0.344. The largest absolute Gasteiger partial charge is 0.364 e. The van der Waals surface area contributed by atoms with E-state index in [0.717, 1.165) is 25.1 Å². The topological polar surface area (TPSA) is 51.0 Å². The van der Waals surface area contributed by atoms with Crippen molar-refractivity contribution in [1.29, 1.82) is 0 Å². The molecule has 0 spiro atoms. The normalized spacial score (nSPS) is 18.9. The number of aromatic nitrogens is 2. The second kappa shape index (κ2) is 4.67. The Morgan fingerprint density at radius 2 is 2.41 bits per heavy atom. The lowest BCUT2D eigenvalue weighted by molar-refractivity contribution is 0.397. The second-order valence-electron chi connectivity index (χ2n) is 4.36. The standard InChI is InChI=1S/C13H15N3O/c1-3-10-4-2-7-14-13(10)12(5-1)15-9-11-6-8-17-16-11/h2,4,6-8,12,15H,1,3,5,9H2. The molecular weight excluding hydrogens is 214 g/mol. The molecule has 0 bridgehead atoms. The fourth-order valence-corrected chi connectivity index (χ4v) is 2.36. The summed E-state index contributed by atoms with van der Waals surface area (Å²) in [6, 6.07) is 6.41. The third kappa shape index (κ3) is 2.22. The molecule has 0 amide bonds. The monoisotopic (exact) mass is 229 g/mol. The Morgan fingerprint density at radius 1 is 1.41 bits per heavy atom. The van der Waals surface area contributed by atoms with Crippen LogP contribution >= 0.6 is 0 Å². The molecule has 1 unspecified atom stereocenters. The molecule has 4 nitrogen and oxygen atoms in total. The van der Waals surface area contributed by atoms with E-state index in [1.165, 1.54) is 17.7 Å². The average molecular weight is 229 g/mol. The zero-order valence-electron chi connectivity index (χ0n) is 9.60. The molecule has 0 aromatic carbocycles. The molecule has 1 aliphatic carbocycles. The van der Waals surface area contributed by atoms with E-state index in [9.17, 15) is 0 Å². The van der Waals surface area contributed by atoms with Crippen LogP contribution in [0.2, 0.25) is 0 Å². The minimum absolute atomic E-state index is 0.344. The molecule has 0 fully saturated rings. The number of hydrogen-bond acceptors (Lipinski definition) is 4. The summed E-state index contributed by atoms with van der Waals surface area (Å²) < 4.78 is 4.82. The van der Waals surface area contributed by atoms with Crippen molar-refractivity contribution in [3.05, 3.63) is 47.6 Å². The maximum absolute atomic E-state index is 4.82. The van der Waals surface area contributed by atoms with Gasteiger partial charge in [-0.15, -0.1) is 0 Å². The van der Waals surface area contributed by atoms with Crippen molar-refractivity contribution in [2.24, 2.45) is 0 Å². The average Bonchev–Trinajstić information content (AvgIpc) is 2.89. The van der Waals surface area contributed by atoms with Gasteiger partial charge < -0.3 is 9.84 Å². The van der Waals surface area contributed by atoms with E-state index in [1.807, 2.05) is 18.3 Å². The van der Waals surface area contributed by atoms with Crippen molar-refractivity contribution < 1.29 is 4.52 Å². The summed E-state index contributed by atoms with van der Waals surface area (Å²) in [6.45, 7) is 0.733. The Labute approximate surface area is 100 Å². The summed E-state index contributed by atoms with van der Waals surface area (Å²) in [6.07, 6.45) is 6.97. The van der Waals surface area contributed by atoms with Gasteiger partial charge in [-0.1, -0.05) is 11.2 Å². The molecule has 0 radical (unpaired) electrons. The smallest absolute Gasteiger partial charge is 0.124 e. The SMILES string of the molecule is c1cnc2c(c1)CCCC2NCc1ccon1. The van der Waals surface area contributed by atoms with E-state index in [0.29, 0.717) is 6.04 Å². The number of pyridine rings is 1. The lowest BCUT2D eigenvalue weighted by atomic mass is 9.92. The maximum Gasteiger partial charge on any atom is 0.124 e. The first-order valence-corrected chi connectivity index (χ1v) is 6.00. The molecule has 4 heteroatoms. The molecule has 88 valence electrons. The van der Waals surface area contributed by atoms with Gasteiger partial charge in [0.2, 0.25) is 0 Å². The molecule has 2 heterocycles. The van der Waals surface area contributed by atoms with Crippen LogP contribution in [-0.2, 0) is 13.0 Å². The number of hydrogen-bond donors (Lipinski definition) is 1. The highest BCUT2D eigenvalue weighted by Gasteiger charge is 2.20. The fraction of sp³-hybridized carbons (Fsp3) is 0.385. The third-order valence-corrected chi connectivity index (χ3v) is 3.22. The number of nitrogens with one attached hydrogen (secondary N) is 1. The molecular formula is C13H15N3O. The molecule has 0 saturated carbocycles. The maximum atomic E-state index is 4.82. The Bertz CT molecular complexity index is 481. The van der Waals surface area contributed by atoms with Crippen LogP contribution in [0.4, 0.5) is 0 Å². The van der Waals surface area contributed by atoms with Gasteiger partial charge in [0, 0.05) is 18.8 Å². The highest BCUT2D eigenvalue weighted by molar-refractivity contribution is 5.25. The lowest BCUT2D eigenvalue weighted by Crippen LogP contribution is -2.26. The molecule has 2 aromatic heterocycles. The minimum Gasteiger partial charge on any atom is -0.364 e. The Morgan fingerprint density at radius 3 is 3.29 bits per heavy atom. The fourth-order valence-electron chi connectivity index (χ4n) is 2.36. The number of nitrogens with zero attached hydrogens (tertiary/aromatic N) is 2. The van der Waals surface area contributed by atoms with Crippen molar-refractivity contribution in [1.82, 2.24) is 15.5 Å². The van der Waals surface area contributed by atoms with Gasteiger partial charge in [0.05, 0.1) is 17.4 Å². The van der Waals surface area contributed by atoms with Gasteiger partial charge in [0.15, 0.2) is 0 Å². The molecule has 1 N–H and O–H groups in total. The number of fused-ring (bicyclic) bond motifs is 1. The highest BCUT2D eigenvalue weighted by atomic mass is 16.5. The van der Waals surface area contributed by atoms with Crippen LogP contribution in [0, 0.1) is 0 Å². The molecule has 0 aliphatic heterocycles. The summed E-state index contributed by atoms with van der Waals surface area (Å²) in [4.78, 5) is 4.49. The van der Waals surface area contributed by atoms with E-state index in [4.69, 9.17) is 4.52 Å². The van der Waals surface area contributed by atoms with Crippen molar-refractivity contribution in [2.75, 3.05) is 0 Å². The van der Waals surface area contributed by atoms with Gasteiger partial charge in [-0.25, -0.2) is 0 Å². The predicted molar refractivity (Wildman–Crippen MR) is 63.3 cm³/mol. The van der Waals surface area contributed by atoms with Crippen LogP contribution in [0.1, 0.15) is 35.8 Å². The Kier molecular flexibility index (Phi) is 2.88. The van der Waals surface area contributed by atoms with E-state index in [-0.39, 0.29) is 0 Å². The Hall–Kier alpha value is -1.68. The van der Waals surface area contributed by atoms with Crippen LogP contribution in [-0.4, -0.2) is 10.1 Å². The van der Waals surface area contributed by atoms with Crippen molar-refractivity contribution in [3.63, 3.8) is 0 Å². The van der Waals surface area contributed by atoms with Gasteiger partial charge in [-0.2, -0.15) is 0 Å². The third-order valence-electron chi connectivity index (χ3n) is 3.22. The van der Waals surface area contributed by atoms with E-state index in [1.54, 1.807) is 6.26 Å². The molecule has 17 heavy (non-hydrogen) atoms. The van der Waals surface area contributed by atoms with Crippen molar-refractivity contribution in [2.45, 2.75) is 31.8 Å². The van der Waals surface area contributed by atoms with Crippen LogP contribution in [0.5, 0.6) is 0 Å². The summed E-state index contributed by atoms with van der Waals surface area (Å²) in [5.74, 6) is 0. The number of aryl methyl sites for hydroxylation is 1. The molecule has 1 atom stereocenters. The predicted octanol–water partition coefficient (Wildman–Crippen LogP) is 2.24.